The maximum absolute atomic E-state index is 12.0. The molecule has 0 saturated heterocycles. The van der Waals surface area contributed by atoms with Crippen molar-refractivity contribution in [2.24, 2.45) is 0 Å². The van der Waals surface area contributed by atoms with Gasteiger partial charge in [0.05, 0.1) is 13.2 Å². The van der Waals surface area contributed by atoms with Crippen LogP contribution in [0.2, 0.25) is 0 Å². The summed E-state index contributed by atoms with van der Waals surface area (Å²) in [7, 11) is 0. The number of thiophene rings is 1. The molecule has 100 valence electrons. The highest BCUT2D eigenvalue weighted by molar-refractivity contribution is 7.12. The van der Waals surface area contributed by atoms with Crippen LogP contribution in [0.4, 0.5) is 0 Å². The van der Waals surface area contributed by atoms with Crippen LogP contribution >= 0.6 is 11.3 Å². The lowest BCUT2D eigenvalue weighted by atomic mass is 10.1. The maximum Gasteiger partial charge on any atom is 0.246 e. The Hall–Kier alpha value is -1.64. The number of nitriles is 1. The van der Waals surface area contributed by atoms with E-state index in [0.717, 1.165) is 16.2 Å². The van der Waals surface area contributed by atoms with Crippen LogP contribution in [0.3, 0.4) is 0 Å². The number of amides is 1. The third-order valence-corrected chi connectivity index (χ3v) is 4.05. The molecule has 1 aliphatic heterocycles. The van der Waals surface area contributed by atoms with E-state index in [1.165, 1.54) is 16.9 Å². The van der Waals surface area contributed by atoms with Gasteiger partial charge in [-0.3, -0.25) is 4.79 Å². The normalized spacial score (nSPS) is 14.4. The molecule has 1 aromatic rings. The van der Waals surface area contributed by atoms with Gasteiger partial charge in [0.1, 0.15) is 10.9 Å². The van der Waals surface area contributed by atoms with E-state index in [0.29, 0.717) is 26.3 Å². The van der Waals surface area contributed by atoms with Crippen molar-refractivity contribution in [1.82, 2.24) is 4.90 Å². The zero-order valence-electron chi connectivity index (χ0n) is 10.9. The van der Waals surface area contributed by atoms with Gasteiger partial charge in [0.15, 0.2) is 0 Å². The van der Waals surface area contributed by atoms with Crippen LogP contribution in [0, 0.1) is 11.3 Å². The van der Waals surface area contributed by atoms with E-state index in [1.54, 1.807) is 12.2 Å². The van der Waals surface area contributed by atoms with Crippen LogP contribution < -0.4 is 0 Å². The predicted octanol–water partition coefficient (Wildman–Crippen LogP) is 2.10. The van der Waals surface area contributed by atoms with E-state index >= 15 is 0 Å². The monoisotopic (exact) mass is 276 g/mol. The van der Waals surface area contributed by atoms with E-state index < -0.39 is 0 Å². The van der Waals surface area contributed by atoms with Crippen molar-refractivity contribution in [2.45, 2.75) is 19.9 Å². The predicted molar refractivity (Wildman–Crippen MR) is 73.8 cm³/mol. The Morgan fingerprint density at radius 3 is 3.26 bits per heavy atom. The number of carbonyl (C=O) groups excluding carboxylic acids is 1. The molecule has 0 radical (unpaired) electrons. The molecule has 0 unspecified atom stereocenters. The Balaban J connectivity index is 1.95. The van der Waals surface area contributed by atoms with Crippen LogP contribution in [-0.2, 0) is 22.5 Å². The van der Waals surface area contributed by atoms with Gasteiger partial charge in [-0.2, -0.15) is 5.26 Å². The second kappa shape index (κ2) is 6.50. The second-order valence-electron chi connectivity index (χ2n) is 4.24. The summed E-state index contributed by atoms with van der Waals surface area (Å²) >= 11 is 1.48. The van der Waals surface area contributed by atoms with Gasteiger partial charge >= 0.3 is 0 Å². The van der Waals surface area contributed by atoms with Gasteiger partial charge in [-0.05, 0) is 25.0 Å². The Bertz CT molecular complexity index is 528. The summed E-state index contributed by atoms with van der Waals surface area (Å²) in [6.45, 7) is 4.37. The van der Waals surface area contributed by atoms with Crippen LogP contribution in [0.5, 0.6) is 0 Å². The molecule has 5 heteroatoms. The first-order chi connectivity index (χ1) is 9.24. The van der Waals surface area contributed by atoms with Crippen molar-refractivity contribution in [2.75, 3.05) is 19.8 Å². The largest absolute Gasteiger partial charge is 0.378 e. The van der Waals surface area contributed by atoms with Crippen LogP contribution in [0.1, 0.15) is 22.2 Å². The SMILES string of the molecule is CCOC/C=C/C(=O)N1CCc2cc(C#N)sc2C1. The average molecular weight is 276 g/mol. The Kier molecular flexibility index (Phi) is 4.72. The van der Waals surface area contributed by atoms with Gasteiger partial charge < -0.3 is 9.64 Å². The number of ether oxygens (including phenoxy) is 1. The van der Waals surface area contributed by atoms with E-state index in [4.69, 9.17) is 10.00 Å². The highest BCUT2D eigenvalue weighted by atomic mass is 32.1. The third-order valence-electron chi connectivity index (χ3n) is 2.98. The minimum absolute atomic E-state index is 0.0114. The van der Waals surface area contributed by atoms with E-state index in [2.05, 4.69) is 6.07 Å². The zero-order chi connectivity index (χ0) is 13.7. The first-order valence-corrected chi connectivity index (χ1v) is 7.11. The lowest BCUT2D eigenvalue weighted by molar-refractivity contribution is -0.126. The van der Waals surface area contributed by atoms with Crippen LogP contribution in [-0.4, -0.2) is 30.6 Å². The molecule has 2 rings (SSSR count). The lowest BCUT2D eigenvalue weighted by Crippen LogP contribution is -2.34. The van der Waals surface area contributed by atoms with Crippen molar-refractivity contribution in [3.05, 3.63) is 33.5 Å². The van der Waals surface area contributed by atoms with Crippen LogP contribution in [0.25, 0.3) is 0 Å². The molecule has 0 aromatic carbocycles. The minimum Gasteiger partial charge on any atom is -0.378 e. The third kappa shape index (κ3) is 3.43. The summed E-state index contributed by atoms with van der Waals surface area (Å²) in [5.41, 5.74) is 1.21. The molecule has 1 aliphatic rings. The highest BCUT2D eigenvalue weighted by Crippen LogP contribution is 2.27. The number of hydrogen-bond donors (Lipinski definition) is 0. The molecule has 1 aromatic heterocycles. The van der Waals surface area contributed by atoms with Gasteiger partial charge in [-0.1, -0.05) is 6.08 Å². The molecule has 0 spiro atoms. The number of fused-ring (bicyclic) bond motifs is 1. The summed E-state index contributed by atoms with van der Waals surface area (Å²) in [5.74, 6) is 0.0114. The van der Waals surface area contributed by atoms with Gasteiger partial charge in [-0.25, -0.2) is 0 Å². The molecule has 19 heavy (non-hydrogen) atoms. The fourth-order valence-electron chi connectivity index (χ4n) is 2.00. The van der Waals surface area contributed by atoms with E-state index in [9.17, 15) is 4.79 Å². The lowest BCUT2D eigenvalue weighted by Gasteiger charge is -2.25. The van der Waals surface area contributed by atoms with Crippen molar-refractivity contribution in [3.8, 4) is 6.07 Å². The summed E-state index contributed by atoms with van der Waals surface area (Å²) in [6, 6.07) is 4.10. The Morgan fingerprint density at radius 2 is 2.53 bits per heavy atom. The molecule has 0 bridgehead atoms. The molecular formula is C14H16N2O2S. The number of carbonyl (C=O) groups is 1. The topological polar surface area (TPSA) is 53.3 Å². The quantitative estimate of drug-likeness (QED) is 0.625. The van der Waals surface area contributed by atoms with Crippen molar-refractivity contribution >= 4 is 17.2 Å². The first kappa shape index (κ1) is 13.8. The number of hydrogen-bond acceptors (Lipinski definition) is 4. The minimum atomic E-state index is 0.0114. The average Bonchev–Trinajstić information content (AvgIpc) is 2.85. The first-order valence-electron chi connectivity index (χ1n) is 6.29. The number of rotatable bonds is 4. The smallest absolute Gasteiger partial charge is 0.246 e. The van der Waals surface area contributed by atoms with E-state index in [-0.39, 0.29) is 5.91 Å². The zero-order valence-corrected chi connectivity index (χ0v) is 11.7. The molecular weight excluding hydrogens is 260 g/mol. The van der Waals surface area contributed by atoms with Gasteiger partial charge in [-0.15, -0.1) is 11.3 Å². The fourth-order valence-corrected chi connectivity index (χ4v) is 3.03. The summed E-state index contributed by atoms with van der Waals surface area (Å²) in [5, 5.41) is 8.88. The number of nitrogens with zero attached hydrogens (tertiary/aromatic N) is 2. The molecule has 0 N–H and O–H groups in total. The standard InChI is InChI=1S/C14H16N2O2S/c1-2-18-7-3-4-14(17)16-6-5-11-8-12(9-15)19-13(11)10-16/h3-4,8H,2,5-7,10H2,1H3/b4-3+. The van der Waals surface area contributed by atoms with Gasteiger partial charge in [0, 0.05) is 24.1 Å². The van der Waals surface area contributed by atoms with Gasteiger partial charge in [0.25, 0.3) is 0 Å². The maximum atomic E-state index is 12.0. The molecule has 0 atom stereocenters. The Morgan fingerprint density at radius 1 is 1.68 bits per heavy atom. The Labute approximate surface area is 116 Å². The van der Waals surface area contributed by atoms with Gasteiger partial charge in [0.2, 0.25) is 5.91 Å². The van der Waals surface area contributed by atoms with Crippen molar-refractivity contribution in [1.29, 1.82) is 5.26 Å². The summed E-state index contributed by atoms with van der Waals surface area (Å²) in [4.78, 5) is 15.6. The highest BCUT2D eigenvalue weighted by Gasteiger charge is 2.21. The molecule has 0 fully saturated rings. The van der Waals surface area contributed by atoms with Crippen molar-refractivity contribution < 1.29 is 9.53 Å². The second-order valence-corrected chi connectivity index (χ2v) is 5.38. The summed E-state index contributed by atoms with van der Waals surface area (Å²) in [6.07, 6.45) is 4.15. The molecule has 0 saturated carbocycles. The summed E-state index contributed by atoms with van der Waals surface area (Å²) < 4.78 is 5.15. The van der Waals surface area contributed by atoms with E-state index in [1.807, 2.05) is 17.9 Å². The van der Waals surface area contributed by atoms with Crippen LogP contribution in [0.15, 0.2) is 18.2 Å². The van der Waals surface area contributed by atoms with Crippen molar-refractivity contribution in [3.63, 3.8) is 0 Å². The molecule has 0 aliphatic carbocycles. The fraction of sp³-hybridized carbons (Fsp3) is 0.429. The molecule has 4 nitrogen and oxygen atoms in total. The molecule has 2 heterocycles. The molecule has 1 amide bonds.